The Balaban J connectivity index is 1.80. The Morgan fingerprint density at radius 3 is 2.67 bits per heavy atom. The number of phenolic OH excluding ortho intramolecular Hbond substituents is 2. The van der Waals surface area contributed by atoms with E-state index in [1.165, 1.54) is 30.3 Å². The summed E-state index contributed by atoms with van der Waals surface area (Å²) in [6, 6.07) is 10.1. The molecule has 3 aromatic rings. The number of alkyl halides is 3. The third-order valence-corrected chi connectivity index (χ3v) is 3.65. The number of benzene rings is 2. The van der Waals surface area contributed by atoms with E-state index in [2.05, 4.69) is 15.5 Å². The van der Waals surface area contributed by atoms with Gasteiger partial charge in [0.25, 0.3) is 5.91 Å². The highest BCUT2D eigenvalue weighted by atomic mass is 19.4. The van der Waals surface area contributed by atoms with Gasteiger partial charge < -0.3 is 14.8 Å². The van der Waals surface area contributed by atoms with Crippen molar-refractivity contribution in [3.8, 4) is 11.5 Å². The zero-order chi connectivity index (χ0) is 19.6. The van der Waals surface area contributed by atoms with Crippen molar-refractivity contribution in [3.05, 3.63) is 53.9 Å². The molecule has 1 aromatic heterocycles. The number of carbonyl (C=O) groups is 1. The molecule has 2 aromatic carbocycles. The molecule has 0 unspecified atom stereocenters. The van der Waals surface area contributed by atoms with Gasteiger partial charge in [-0.25, -0.2) is 10.4 Å². The van der Waals surface area contributed by atoms with Crippen LogP contribution in [0.1, 0.15) is 11.4 Å². The minimum Gasteiger partial charge on any atom is -0.504 e. The van der Waals surface area contributed by atoms with Crippen molar-refractivity contribution < 1.29 is 28.2 Å². The Morgan fingerprint density at radius 1 is 1.19 bits per heavy atom. The van der Waals surface area contributed by atoms with Crippen LogP contribution < -0.4 is 5.43 Å². The number of nitrogens with zero attached hydrogens (tertiary/aromatic N) is 3. The van der Waals surface area contributed by atoms with E-state index in [1.54, 1.807) is 12.1 Å². The summed E-state index contributed by atoms with van der Waals surface area (Å²) in [7, 11) is 0. The summed E-state index contributed by atoms with van der Waals surface area (Å²) in [5, 5.41) is 22.6. The van der Waals surface area contributed by atoms with Crippen molar-refractivity contribution in [2.45, 2.75) is 12.7 Å². The molecule has 0 saturated heterocycles. The predicted octanol–water partition coefficient (Wildman–Crippen LogP) is 2.62. The number of aromatic hydroxyl groups is 2. The number of nitrogens with one attached hydrogen (secondary N) is 1. The summed E-state index contributed by atoms with van der Waals surface area (Å²) < 4.78 is 40.3. The highest BCUT2D eigenvalue weighted by Crippen LogP contribution is 2.31. The van der Waals surface area contributed by atoms with E-state index >= 15 is 0 Å². The lowest BCUT2D eigenvalue weighted by atomic mass is 10.2. The van der Waals surface area contributed by atoms with Gasteiger partial charge in [0.05, 0.1) is 17.2 Å². The number of carbonyl (C=O) groups excluding carboxylic acids is 1. The fraction of sp³-hybridized carbons (Fsp3) is 0.118. The quantitative estimate of drug-likeness (QED) is 0.369. The van der Waals surface area contributed by atoms with E-state index in [0.717, 1.165) is 10.8 Å². The second-order valence-electron chi connectivity index (χ2n) is 5.52. The third-order valence-electron chi connectivity index (χ3n) is 3.65. The topological polar surface area (TPSA) is 99.7 Å². The predicted molar refractivity (Wildman–Crippen MR) is 90.2 cm³/mol. The molecule has 0 aliphatic carbocycles. The van der Waals surface area contributed by atoms with Crippen molar-refractivity contribution >= 4 is 23.2 Å². The third kappa shape index (κ3) is 3.84. The number of hydrazone groups is 1. The SMILES string of the molecule is O=C(Cn1c(C(F)(F)F)nc2ccccc21)N/N=C/c1cccc(O)c1O. The van der Waals surface area contributed by atoms with Crippen molar-refractivity contribution in [1.82, 2.24) is 15.0 Å². The molecule has 10 heteroatoms. The van der Waals surface area contributed by atoms with Gasteiger partial charge in [-0.2, -0.15) is 18.3 Å². The molecule has 0 saturated carbocycles. The summed E-state index contributed by atoms with van der Waals surface area (Å²) in [5.41, 5.74) is 2.48. The number of para-hydroxylation sites is 3. The van der Waals surface area contributed by atoms with Gasteiger partial charge in [-0.05, 0) is 24.3 Å². The number of fused-ring (bicyclic) bond motifs is 1. The van der Waals surface area contributed by atoms with Crippen molar-refractivity contribution in [3.63, 3.8) is 0 Å². The monoisotopic (exact) mass is 378 g/mol. The van der Waals surface area contributed by atoms with Gasteiger partial charge >= 0.3 is 6.18 Å². The Labute approximate surface area is 150 Å². The average molecular weight is 378 g/mol. The Kier molecular flexibility index (Phi) is 4.72. The van der Waals surface area contributed by atoms with E-state index in [1.807, 2.05) is 0 Å². The molecular formula is C17H13F3N4O3. The molecule has 27 heavy (non-hydrogen) atoms. The first-order chi connectivity index (χ1) is 12.8. The van der Waals surface area contributed by atoms with Crippen LogP contribution in [0.15, 0.2) is 47.6 Å². The van der Waals surface area contributed by atoms with Crippen LogP contribution in [0.2, 0.25) is 0 Å². The van der Waals surface area contributed by atoms with E-state index in [4.69, 9.17) is 0 Å². The second kappa shape index (κ2) is 6.98. The van der Waals surface area contributed by atoms with Crippen molar-refractivity contribution in [1.29, 1.82) is 0 Å². The molecule has 1 heterocycles. The van der Waals surface area contributed by atoms with Crippen LogP contribution >= 0.6 is 0 Å². The van der Waals surface area contributed by atoms with Crippen LogP contribution in [-0.2, 0) is 17.5 Å². The minimum absolute atomic E-state index is 0.116. The number of hydrogen-bond donors (Lipinski definition) is 3. The molecule has 0 radical (unpaired) electrons. The smallest absolute Gasteiger partial charge is 0.449 e. The standard InChI is InChI=1S/C17H13F3N4O3/c18-17(19,20)16-22-11-5-1-2-6-12(11)24(16)9-14(26)23-21-8-10-4-3-7-13(25)15(10)27/h1-8,25,27H,9H2,(H,23,26)/b21-8+. The second-order valence-corrected chi connectivity index (χ2v) is 5.52. The first-order valence-corrected chi connectivity index (χ1v) is 7.62. The Morgan fingerprint density at radius 2 is 1.93 bits per heavy atom. The summed E-state index contributed by atoms with van der Waals surface area (Å²) >= 11 is 0. The first kappa shape index (κ1) is 18.2. The molecule has 3 N–H and O–H groups in total. The highest BCUT2D eigenvalue weighted by molar-refractivity contribution is 5.86. The van der Waals surface area contributed by atoms with E-state index in [9.17, 15) is 28.2 Å². The molecule has 0 aliphatic heterocycles. The summed E-state index contributed by atoms with van der Waals surface area (Å²) in [6.07, 6.45) is -3.67. The lowest BCUT2D eigenvalue weighted by molar-refractivity contribution is -0.147. The molecule has 1 amide bonds. The molecule has 7 nitrogen and oxygen atoms in total. The molecule has 0 bridgehead atoms. The zero-order valence-electron chi connectivity index (χ0n) is 13.6. The van der Waals surface area contributed by atoms with Gasteiger partial charge in [0.15, 0.2) is 11.5 Å². The van der Waals surface area contributed by atoms with Gasteiger partial charge in [-0.1, -0.05) is 18.2 Å². The Bertz CT molecular complexity index is 1030. The number of aromatic nitrogens is 2. The largest absolute Gasteiger partial charge is 0.504 e. The van der Waals surface area contributed by atoms with E-state index in [-0.39, 0.29) is 22.3 Å². The number of halogens is 3. The van der Waals surface area contributed by atoms with Gasteiger partial charge in [-0.15, -0.1) is 0 Å². The van der Waals surface area contributed by atoms with Gasteiger partial charge in [0.1, 0.15) is 6.54 Å². The van der Waals surface area contributed by atoms with Crippen LogP contribution in [-0.4, -0.2) is 31.9 Å². The zero-order valence-corrected chi connectivity index (χ0v) is 13.6. The number of imidazole rings is 1. The fourth-order valence-electron chi connectivity index (χ4n) is 2.46. The van der Waals surface area contributed by atoms with Crippen LogP contribution in [0.4, 0.5) is 13.2 Å². The number of rotatable bonds is 4. The Hall–Kier alpha value is -3.56. The highest BCUT2D eigenvalue weighted by Gasteiger charge is 2.37. The summed E-state index contributed by atoms with van der Waals surface area (Å²) in [6.45, 7) is -0.654. The minimum atomic E-state index is -4.73. The maximum absolute atomic E-state index is 13.2. The summed E-state index contributed by atoms with van der Waals surface area (Å²) in [5.74, 6) is -2.81. The lowest BCUT2D eigenvalue weighted by Gasteiger charge is -2.10. The normalized spacial score (nSPS) is 12.0. The van der Waals surface area contributed by atoms with Crippen LogP contribution in [0.3, 0.4) is 0 Å². The molecule has 0 atom stereocenters. The summed E-state index contributed by atoms with van der Waals surface area (Å²) in [4.78, 5) is 15.6. The van der Waals surface area contributed by atoms with Crippen molar-refractivity contribution in [2.24, 2.45) is 5.10 Å². The van der Waals surface area contributed by atoms with E-state index < -0.39 is 30.2 Å². The van der Waals surface area contributed by atoms with Gasteiger partial charge in [-0.3, -0.25) is 4.79 Å². The maximum Gasteiger partial charge on any atom is 0.449 e. The van der Waals surface area contributed by atoms with Gasteiger partial charge in [0.2, 0.25) is 5.82 Å². The molecule has 0 aliphatic rings. The lowest BCUT2D eigenvalue weighted by Crippen LogP contribution is -2.26. The first-order valence-electron chi connectivity index (χ1n) is 7.62. The van der Waals surface area contributed by atoms with Crippen molar-refractivity contribution in [2.75, 3.05) is 0 Å². The maximum atomic E-state index is 13.2. The number of amides is 1. The van der Waals surface area contributed by atoms with Gasteiger partial charge in [0, 0.05) is 5.56 Å². The van der Waals surface area contributed by atoms with Crippen LogP contribution in [0.5, 0.6) is 11.5 Å². The van der Waals surface area contributed by atoms with Crippen LogP contribution in [0, 0.1) is 0 Å². The van der Waals surface area contributed by atoms with Crippen LogP contribution in [0.25, 0.3) is 11.0 Å². The molecule has 3 rings (SSSR count). The number of phenols is 2. The van der Waals surface area contributed by atoms with E-state index in [0.29, 0.717) is 0 Å². The molecular weight excluding hydrogens is 365 g/mol. The fourth-order valence-corrected chi connectivity index (χ4v) is 2.46. The number of hydrogen-bond acceptors (Lipinski definition) is 5. The molecule has 0 fully saturated rings. The molecule has 140 valence electrons. The average Bonchev–Trinajstić information content (AvgIpc) is 2.98. The molecule has 0 spiro atoms.